The maximum atomic E-state index is 12.6. The van der Waals surface area contributed by atoms with Gasteiger partial charge in [0.1, 0.15) is 13.2 Å². The van der Waals surface area contributed by atoms with E-state index in [1.807, 2.05) is 32.3 Å². The van der Waals surface area contributed by atoms with Crippen molar-refractivity contribution >= 4 is 11.9 Å². The molecule has 7 heteroatoms. The summed E-state index contributed by atoms with van der Waals surface area (Å²) in [5.74, 6) is 1.85. The first-order chi connectivity index (χ1) is 12.6. The largest absolute Gasteiger partial charge is 0.486 e. The van der Waals surface area contributed by atoms with Crippen molar-refractivity contribution in [2.45, 2.75) is 25.8 Å². The average molecular weight is 356 g/mol. The molecule has 7 nitrogen and oxygen atoms in total. The Labute approximate surface area is 153 Å². The van der Waals surface area contributed by atoms with Crippen LogP contribution in [0.25, 0.3) is 0 Å². The summed E-state index contributed by atoms with van der Waals surface area (Å²) in [6.07, 6.45) is 4.85. The number of rotatable bonds is 6. The number of nitrogens with one attached hydrogen (secondary N) is 1. The molecule has 0 radical (unpaired) electrons. The number of benzene rings is 1. The van der Waals surface area contributed by atoms with Gasteiger partial charge in [-0.15, -0.1) is 0 Å². The minimum atomic E-state index is -0.191. The molecule has 2 heterocycles. The highest BCUT2D eigenvalue weighted by Crippen LogP contribution is 2.33. The van der Waals surface area contributed by atoms with Gasteiger partial charge in [0, 0.05) is 26.5 Å². The molecule has 1 aromatic carbocycles. The van der Waals surface area contributed by atoms with E-state index in [-0.39, 0.29) is 11.9 Å². The van der Waals surface area contributed by atoms with E-state index in [2.05, 4.69) is 22.2 Å². The highest BCUT2D eigenvalue weighted by atomic mass is 16.6. The second-order valence-corrected chi connectivity index (χ2v) is 6.38. The van der Waals surface area contributed by atoms with E-state index in [1.54, 1.807) is 17.3 Å². The summed E-state index contributed by atoms with van der Waals surface area (Å²) in [7, 11) is 3.71. The predicted molar refractivity (Wildman–Crippen MR) is 98.9 cm³/mol. The fourth-order valence-electron chi connectivity index (χ4n) is 2.80. The lowest BCUT2D eigenvalue weighted by Gasteiger charge is -2.23. The minimum Gasteiger partial charge on any atom is -0.486 e. The van der Waals surface area contributed by atoms with Crippen LogP contribution in [-0.2, 0) is 0 Å². The number of aromatic nitrogens is 2. The van der Waals surface area contributed by atoms with Crippen LogP contribution in [-0.4, -0.2) is 43.2 Å². The van der Waals surface area contributed by atoms with Crippen molar-refractivity contribution in [1.82, 2.24) is 15.3 Å². The SMILES string of the molecule is CCC[C@H](NC(=O)c1cnc(N(C)C)nc1)c1ccc2c(c1)OCCO2. The van der Waals surface area contributed by atoms with Gasteiger partial charge in [0.05, 0.1) is 11.6 Å². The number of anilines is 1. The normalized spacial score (nSPS) is 13.8. The zero-order chi connectivity index (χ0) is 18.5. The lowest BCUT2D eigenvalue weighted by molar-refractivity contribution is 0.0933. The van der Waals surface area contributed by atoms with Gasteiger partial charge in [-0.3, -0.25) is 4.79 Å². The molecule has 0 fully saturated rings. The lowest BCUT2D eigenvalue weighted by atomic mass is 10.0. The molecule has 2 aromatic rings. The van der Waals surface area contributed by atoms with Crippen LogP contribution >= 0.6 is 0 Å². The summed E-state index contributed by atoms with van der Waals surface area (Å²) >= 11 is 0. The van der Waals surface area contributed by atoms with Crippen LogP contribution < -0.4 is 19.7 Å². The van der Waals surface area contributed by atoms with Crippen LogP contribution in [0.5, 0.6) is 11.5 Å². The summed E-state index contributed by atoms with van der Waals surface area (Å²) in [6.45, 7) is 3.19. The van der Waals surface area contributed by atoms with Gasteiger partial charge in [-0.2, -0.15) is 0 Å². The van der Waals surface area contributed by atoms with Gasteiger partial charge in [-0.1, -0.05) is 19.4 Å². The molecule has 1 amide bonds. The molecule has 1 atom stereocenters. The fraction of sp³-hybridized carbons (Fsp3) is 0.421. The molecule has 0 unspecified atom stereocenters. The van der Waals surface area contributed by atoms with E-state index in [1.165, 1.54) is 0 Å². The third-order valence-corrected chi connectivity index (χ3v) is 4.15. The highest BCUT2D eigenvalue weighted by molar-refractivity contribution is 5.94. The van der Waals surface area contributed by atoms with Gasteiger partial charge >= 0.3 is 0 Å². The summed E-state index contributed by atoms with van der Waals surface area (Å²) in [4.78, 5) is 22.8. The Kier molecular flexibility index (Phi) is 5.55. The maximum Gasteiger partial charge on any atom is 0.254 e. The van der Waals surface area contributed by atoms with Crippen LogP contribution in [0.15, 0.2) is 30.6 Å². The molecule has 1 aliphatic rings. The predicted octanol–water partition coefficient (Wildman–Crippen LogP) is 2.59. The van der Waals surface area contributed by atoms with Crippen molar-refractivity contribution in [3.05, 3.63) is 41.7 Å². The van der Waals surface area contributed by atoms with E-state index in [0.717, 1.165) is 29.9 Å². The van der Waals surface area contributed by atoms with Crippen LogP contribution in [0.1, 0.15) is 41.7 Å². The molecular formula is C19H24N4O3. The Morgan fingerprint density at radius 2 is 1.88 bits per heavy atom. The number of nitrogens with zero attached hydrogens (tertiary/aromatic N) is 3. The number of carbonyl (C=O) groups excluding carboxylic acids is 1. The Morgan fingerprint density at radius 3 is 2.54 bits per heavy atom. The van der Waals surface area contributed by atoms with Gasteiger partial charge in [0.25, 0.3) is 5.91 Å². The Hall–Kier alpha value is -2.83. The van der Waals surface area contributed by atoms with Gasteiger partial charge in [0.2, 0.25) is 5.95 Å². The van der Waals surface area contributed by atoms with E-state index < -0.39 is 0 Å². The fourth-order valence-corrected chi connectivity index (χ4v) is 2.80. The second-order valence-electron chi connectivity index (χ2n) is 6.38. The summed E-state index contributed by atoms with van der Waals surface area (Å²) < 4.78 is 11.2. The number of fused-ring (bicyclic) bond motifs is 1. The molecule has 1 N–H and O–H groups in total. The topological polar surface area (TPSA) is 76.6 Å². The molecule has 0 aliphatic carbocycles. The van der Waals surface area contributed by atoms with Crippen molar-refractivity contribution in [3.8, 4) is 11.5 Å². The zero-order valence-corrected chi connectivity index (χ0v) is 15.4. The number of ether oxygens (including phenoxy) is 2. The van der Waals surface area contributed by atoms with Crippen LogP contribution in [0.3, 0.4) is 0 Å². The van der Waals surface area contributed by atoms with Gasteiger partial charge < -0.3 is 19.7 Å². The van der Waals surface area contributed by atoms with Crippen LogP contribution in [0.2, 0.25) is 0 Å². The third-order valence-electron chi connectivity index (χ3n) is 4.15. The molecule has 0 bridgehead atoms. The van der Waals surface area contributed by atoms with Crippen molar-refractivity contribution in [2.75, 3.05) is 32.2 Å². The first kappa shape index (κ1) is 18.0. The molecule has 0 saturated carbocycles. The van der Waals surface area contributed by atoms with E-state index in [0.29, 0.717) is 24.7 Å². The molecule has 1 aromatic heterocycles. The summed E-state index contributed by atoms with van der Waals surface area (Å²) in [5, 5.41) is 3.08. The van der Waals surface area contributed by atoms with E-state index in [9.17, 15) is 4.79 Å². The van der Waals surface area contributed by atoms with Crippen molar-refractivity contribution in [1.29, 1.82) is 0 Å². The second kappa shape index (κ2) is 8.03. The molecule has 0 saturated heterocycles. The maximum absolute atomic E-state index is 12.6. The lowest BCUT2D eigenvalue weighted by Crippen LogP contribution is -2.29. The molecule has 138 valence electrons. The standard InChI is InChI=1S/C19H24N4O3/c1-4-5-15(13-6-7-16-17(10-13)26-9-8-25-16)22-18(24)14-11-20-19(21-12-14)23(2)3/h6-7,10-12,15H,4-5,8-9H2,1-3H3,(H,22,24)/t15-/m0/s1. The third kappa shape index (κ3) is 4.04. The summed E-state index contributed by atoms with van der Waals surface area (Å²) in [5.41, 5.74) is 1.43. The van der Waals surface area contributed by atoms with Gasteiger partial charge in [0.15, 0.2) is 11.5 Å². The number of amides is 1. The monoisotopic (exact) mass is 356 g/mol. The Bertz CT molecular complexity index is 762. The Balaban J connectivity index is 1.76. The first-order valence-corrected chi connectivity index (χ1v) is 8.78. The molecule has 0 spiro atoms. The molecule has 26 heavy (non-hydrogen) atoms. The van der Waals surface area contributed by atoms with Crippen molar-refractivity contribution < 1.29 is 14.3 Å². The van der Waals surface area contributed by atoms with Gasteiger partial charge in [-0.25, -0.2) is 9.97 Å². The summed E-state index contributed by atoms with van der Waals surface area (Å²) in [6, 6.07) is 5.70. The number of carbonyl (C=O) groups is 1. The highest BCUT2D eigenvalue weighted by Gasteiger charge is 2.19. The quantitative estimate of drug-likeness (QED) is 0.857. The minimum absolute atomic E-state index is 0.114. The molecule has 3 rings (SSSR count). The number of hydrogen-bond donors (Lipinski definition) is 1. The number of hydrogen-bond acceptors (Lipinski definition) is 6. The van der Waals surface area contributed by atoms with E-state index >= 15 is 0 Å². The molecule has 1 aliphatic heterocycles. The van der Waals surface area contributed by atoms with Gasteiger partial charge in [-0.05, 0) is 24.1 Å². The van der Waals surface area contributed by atoms with Crippen molar-refractivity contribution in [2.24, 2.45) is 0 Å². The first-order valence-electron chi connectivity index (χ1n) is 8.78. The van der Waals surface area contributed by atoms with Crippen molar-refractivity contribution in [3.63, 3.8) is 0 Å². The van der Waals surface area contributed by atoms with Crippen LogP contribution in [0, 0.1) is 0 Å². The molecular weight excluding hydrogens is 332 g/mol. The Morgan fingerprint density at radius 1 is 1.19 bits per heavy atom. The average Bonchev–Trinajstić information content (AvgIpc) is 2.67. The van der Waals surface area contributed by atoms with Crippen LogP contribution in [0.4, 0.5) is 5.95 Å². The van der Waals surface area contributed by atoms with E-state index in [4.69, 9.17) is 9.47 Å². The zero-order valence-electron chi connectivity index (χ0n) is 15.4. The smallest absolute Gasteiger partial charge is 0.254 e.